The van der Waals surface area contributed by atoms with Gasteiger partial charge in [-0.3, -0.25) is 9.59 Å². The number of hydrogen-bond acceptors (Lipinski definition) is 4. The Labute approximate surface area is 145 Å². The zero-order chi connectivity index (χ0) is 17.8. The first-order chi connectivity index (χ1) is 12.0. The molecule has 0 saturated heterocycles. The van der Waals surface area contributed by atoms with Crippen LogP contribution in [0, 0.1) is 5.92 Å². The first-order valence-electron chi connectivity index (χ1n) is 7.82. The van der Waals surface area contributed by atoms with Gasteiger partial charge in [0.15, 0.2) is 6.61 Å². The van der Waals surface area contributed by atoms with Crippen LogP contribution in [0.25, 0.3) is 0 Å². The molecule has 6 nitrogen and oxygen atoms in total. The zero-order valence-corrected chi connectivity index (χ0v) is 14.0. The SMILES string of the molecule is COc1cccc(OCC(=O)N=C2C=CC3C(C)=CC(=O)NC3=C2)c1. The number of hydrogen-bond donors (Lipinski definition) is 1. The molecule has 1 heterocycles. The number of nitrogens with one attached hydrogen (secondary N) is 1. The lowest BCUT2D eigenvalue weighted by atomic mass is 9.89. The molecular weight excluding hydrogens is 320 g/mol. The van der Waals surface area contributed by atoms with Crippen molar-refractivity contribution in [3.05, 3.63) is 59.8 Å². The Morgan fingerprint density at radius 3 is 2.88 bits per heavy atom. The van der Waals surface area contributed by atoms with Crippen LogP contribution in [0.15, 0.2) is 64.8 Å². The van der Waals surface area contributed by atoms with Gasteiger partial charge in [-0.25, -0.2) is 4.99 Å². The summed E-state index contributed by atoms with van der Waals surface area (Å²) >= 11 is 0. The van der Waals surface area contributed by atoms with Gasteiger partial charge < -0.3 is 14.8 Å². The summed E-state index contributed by atoms with van der Waals surface area (Å²) in [6.45, 7) is 1.72. The van der Waals surface area contributed by atoms with E-state index in [4.69, 9.17) is 9.47 Å². The lowest BCUT2D eigenvalue weighted by Crippen LogP contribution is -2.32. The third kappa shape index (κ3) is 4.03. The molecular formula is C19H18N2O4. The number of benzene rings is 1. The quantitative estimate of drug-likeness (QED) is 0.913. The molecule has 0 radical (unpaired) electrons. The smallest absolute Gasteiger partial charge is 0.284 e. The van der Waals surface area contributed by atoms with Crippen molar-refractivity contribution >= 4 is 17.5 Å². The summed E-state index contributed by atoms with van der Waals surface area (Å²) in [5, 5.41) is 2.78. The van der Waals surface area contributed by atoms with E-state index in [1.807, 2.05) is 13.0 Å². The number of rotatable bonds is 4. The lowest BCUT2D eigenvalue weighted by Gasteiger charge is -2.25. The van der Waals surface area contributed by atoms with Crippen molar-refractivity contribution in [2.24, 2.45) is 10.9 Å². The Bertz CT molecular complexity index is 834. The molecule has 128 valence electrons. The third-order valence-corrected chi connectivity index (χ3v) is 3.87. The number of fused-ring (bicyclic) bond motifs is 1. The van der Waals surface area contributed by atoms with Gasteiger partial charge in [-0.05, 0) is 31.2 Å². The number of carbonyl (C=O) groups excluding carboxylic acids is 2. The molecule has 0 aromatic heterocycles. The minimum atomic E-state index is -0.410. The van der Waals surface area contributed by atoms with Gasteiger partial charge in [-0.15, -0.1) is 0 Å². The van der Waals surface area contributed by atoms with Crippen LogP contribution in [0.2, 0.25) is 0 Å². The van der Waals surface area contributed by atoms with E-state index >= 15 is 0 Å². The Morgan fingerprint density at radius 2 is 2.08 bits per heavy atom. The molecule has 0 spiro atoms. The van der Waals surface area contributed by atoms with Crippen LogP contribution in [0.1, 0.15) is 6.92 Å². The van der Waals surface area contributed by atoms with Crippen molar-refractivity contribution in [3.8, 4) is 11.5 Å². The fourth-order valence-corrected chi connectivity index (χ4v) is 2.66. The van der Waals surface area contributed by atoms with Crippen LogP contribution >= 0.6 is 0 Å². The molecule has 2 aliphatic rings. The van der Waals surface area contributed by atoms with Crippen LogP contribution < -0.4 is 14.8 Å². The van der Waals surface area contributed by atoms with E-state index in [1.54, 1.807) is 49.6 Å². The Hall–Kier alpha value is -3.15. The second-order valence-corrected chi connectivity index (χ2v) is 5.71. The van der Waals surface area contributed by atoms with Gasteiger partial charge in [0, 0.05) is 23.8 Å². The van der Waals surface area contributed by atoms with E-state index in [-0.39, 0.29) is 18.4 Å². The van der Waals surface area contributed by atoms with Crippen molar-refractivity contribution in [3.63, 3.8) is 0 Å². The van der Waals surface area contributed by atoms with Crippen molar-refractivity contribution < 1.29 is 19.1 Å². The van der Waals surface area contributed by atoms with E-state index in [2.05, 4.69) is 10.3 Å². The van der Waals surface area contributed by atoms with Gasteiger partial charge in [-0.2, -0.15) is 0 Å². The monoisotopic (exact) mass is 338 g/mol. The van der Waals surface area contributed by atoms with Gasteiger partial charge in [0.05, 0.1) is 12.8 Å². The predicted octanol–water partition coefficient (Wildman–Crippen LogP) is 2.19. The Kier molecular flexibility index (Phi) is 4.79. The first kappa shape index (κ1) is 16.7. The van der Waals surface area contributed by atoms with E-state index in [0.717, 1.165) is 11.3 Å². The molecule has 1 N–H and O–H groups in total. The number of amides is 2. The standard InChI is InChI=1S/C19H18N2O4/c1-12-8-18(22)21-17-9-13(6-7-16(12)17)20-19(23)11-25-15-5-3-4-14(10-15)24-2/h3-10,16H,11H2,1-2H3,(H,21,22). The van der Waals surface area contributed by atoms with Crippen LogP contribution in [-0.2, 0) is 9.59 Å². The third-order valence-electron chi connectivity index (χ3n) is 3.87. The maximum absolute atomic E-state index is 12.0. The highest BCUT2D eigenvalue weighted by Crippen LogP contribution is 2.26. The second kappa shape index (κ2) is 7.17. The summed E-state index contributed by atoms with van der Waals surface area (Å²) in [6, 6.07) is 7.00. The Morgan fingerprint density at radius 1 is 1.28 bits per heavy atom. The van der Waals surface area contributed by atoms with Crippen LogP contribution in [-0.4, -0.2) is 31.2 Å². The number of nitrogens with zero attached hydrogens (tertiary/aromatic N) is 1. The molecule has 3 rings (SSSR count). The summed E-state index contributed by atoms with van der Waals surface area (Å²) in [4.78, 5) is 27.6. The number of allylic oxidation sites excluding steroid dienone is 3. The normalized spacial score (nSPS) is 20.3. The molecule has 25 heavy (non-hydrogen) atoms. The fourth-order valence-electron chi connectivity index (χ4n) is 2.66. The van der Waals surface area contributed by atoms with Gasteiger partial charge >= 0.3 is 0 Å². The molecule has 1 aliphatic heterocycles. The minimum Gasteiger partial charge on any atom is -0.497 e. The zero-order valence-electron chi connectivity index (χ0n) is 14.0. The average Bonchev–Trinajstić information content (AvgIpc) is 2.59. The highest BCUT2D eigenvalue weighted by molar-refractivity contribution is 6.11. The van der Waals surface area contributed by atoms with Crippen LogP contribution in [0.3, 0.4) is 0 Å². The topological polar surface area (TPSA) is 77.0 Å². The fraction of sp³-hybridized carbons (Fsp3) is 0.211. The minimum absolute atomic E-state index is 0.0276. The van der Waals surface area contributed by atoms with Crippen molar-refractivity contribution in [2.75, 3.05) is 13.7 Å². The summed E-state index contributed by atoms with van der Waals surface area (Å²) in [5.74, 6) is 0.638. The highest BCUT2D eigenvalue weighted by Gasteiger charge is 2.23. The molecule has 1 unspecified atom stereocenters. The molecule has 0 bridgehead atoms. The Balaban J connectivity index is 1.65. The maximum Gasteiger partial charge on any atom is 0.284 e. The molecule has 1 aromatic rings. The van der Waals surface area contributed by atoms with Crippen molar-refractivity contribution in [1.29, 1.82) is 0 Å². The molecule has 1 aromatic carbocycles. The predicted molar refractivity (Wildman–Crippen MR) is 93.5 cm³/mol. The summed E-state index contributed by atoms with van der Waals surface area (Å²) < 4.78 is 10.5. The molecule has 6 heteroatoms. The lowest BCUT2D eigenvalue weighted by molar-refractivity contribution is -0.119. The summed E-state index contributed by atoms with van der Waals surface area (Å²) in [6.07, 6.45) is 6.96. The van der Waals surface area contributed by atoms with E-state index in [1.165, 1.54) is 0 Å². The van der Waals surface area contributed by atoms with Crippen molar-refractivity contribution in [2.45, 2.75) is 6.92 Å². The van der Waals surface area contributed by atoms with E-state index in [0.29, 0.717) is 17.2 Å². The number of ether oxygens (including phenoxy) is 2. The van der Waals surface area contributed by atoms with Gasteiger partial charge in [0.2, 0.25) is 5.91 Å². The molecule has 2 amide bonds. The van der Waals surface area contributed by atoms with Gasteiger partial charge in [0.25, 0.3) is 5.91 Å². The number of methoxy groups -OCH3 is 1. The molecule has 0 fully saturated rings. The van der Waals surface area contributed by atoms with E-state index < -0.39 is 5.91 Å². The first-order valence-corrected chi connectivity index (χ1v) is 7.82. The maximum atomic E-state index is 12.0. The van der Waals surface area contributed by atoms with Gasteiger partial charge in [-0.1, -0.05) is 17.7 Å². The average molecular weight is 338 g/mol. The molecule has 1 atom stereocenters. The number of carbonyl (C=O) groups is 2. The molecule has 0 saturated carbocycles. The van der Waals surface area contributed by atoms with Crippen molar-refractivity contribution in [1.82, 2.24) is 5.32 Å². The van der Waals surface area contributed by atoms with Gasteiger partial charge in [0.1, 0.15) is 11.5 Å². The summed E-state index contributed by atoms with van der Waals surface area (Å²) in [7, 11) is 1.56. The highest BCUT2D eigenvalue weighted by atomic mass is 16.5. The molecule has 1 aliphatic carbocycles. The largest absolute Gasteiger partial charge is 0.497 e. The van der Waals surface area contributed by atoms with E-state index in [9.17, 15) is 9.59 Å². The van der Waals surface area contributed by atoms with Crippen LogP contribution in [0.5, 0.6) is 11.5 Å². The summed E-state index contributed by atoms with van der Waals surface area (Å²) in [5.41, 5.74) is 2.17. The number of aliphatic imine (C=N–C) groups is 1. The second-order valence-electron chi connectivity index (χ2n) is 5.71. The van der Waals surface area contributed by atoms with Crippen LogP contribution in [0.4, 0.5) is 0 Å².